The monoisotopic (exact) mass is 467 g/mol. The van der Waals surface area contributed by atoms with Crippen LogP contribution in [-0.2, 0) is 24.2 Å². The Morgan fingerprint density at radius 3 is 2.56 bits per heavy atom. The van der Waals surface area contributed by atoms with E-state index < -0.39 is 11.6 Å². The van der Waals surface area contributed by atoms with Gasteiger partial charge in [-0.15, -0.1) is 0 Å². The minimum atomic E-state index is -0.733. The third-order valence-electron chi connectivity index (χ3n) is 6.58. The quantitative estimate of drug-likeness (QED) is 0.571. The number of anilines is 2. The summed E-state index contributed by atoms with van der Waals surface area (Å²) < 4.78 is 34.3. The van der Waals surface area contributed by atoms with Gasteiger partial charge in [0.25, 0.3) is 0 Å². The number of aromatic nitrogens is 3. The number of aryl methyl sites for hydroxylation is 3. The molecule has 1 aromatic carbocycles. The van der Waals surface area contributed by atoms with E-state index in [2.05, 4.69) is 21.4 Å². The van der Waals surface area contributed by atoms with E-state index in [1.165, 1.54) is 19.2 Å². The molecule has 0 saturated heterocycles. The number of carbonyl (C=O) groups excluding carboxylic acids is 1. The first kappa shape index (κ1) is 22.3. The molecule has 9 heteroatoms. The number of nitrogens with zero attached hydrogens (tertiary/aromatic N) is 4. The second-order valence-electron chi connectivity index (χ2n) is 9.11. The lowest BCUT2D eigenvalue weighted by atomic mass is 10.0. The molecule has 178 valence electrons. The Hall–Kier alpha value is -3.49. The Bertz CT molecular complexity index is 1230. The Kier molecular flexibility index (Phi) is 5.71. The van der Waals surface area contributed by atoms with Crippen LogP contribution >= 0.6 is 0 Å². The third-order valence-corrected chi connectivity index (χ3v) is 6.58. The second-order valence-corrected chi connectivity index (χ2v) is 9.11. The van der Waals surface area contributed by atoms with Crippen molar-refractivity contribution in [1.82, 2.24) is 14.8 Å². The molecule has 1 amide bonds. The molecule has 7 nitrogen and oxygen atoms in total. The molecule has 34 heavy (non-hydrogen) atoms. The first-order valence-electron chi connectivity index (χ1n) is 11.4. The van der Waals surface area contributed by atoms with Crippen molar-refractivity contribution in [2.45, 2.75) is 45.2 Å². The molecule has 1 atom stereocenters. The highest BCUT2D eigenvalue weighted by atomic mass is 19.1. The fraction of sp³-hybridized carbons (Fsp3) is 0.400. The SMILES string of the molecule is COc1c(F)cc(Cn2cc(CCc3cc4c(c(C)n3)NC(=O)[C@H](C3CC3)N4C)cn2)cc1F. The number of hydrogen-bond donors (Lipinski definition) is 1. The zero-order valence-corrected chi connectivity index (χ0v) is 19.4. The third kappa shape index (κ3) is 4.22. The first-order chi connectivity index (χ1) is 16.3. The Morgan fingerprint density at radius 1 is 1.15 bits per heavy atom. The van der Waals surface area contributed by atoms with Crippen molar-refractivity contribution in [3.63, 3.8) is 0 Å². The van der Waals surface area contributed by atoms with E-state index in [-0.39, 0.29) is 24.2 Å². The molecule has 1 saturated carbocycles. The molecular formula is C25H27F2N5O2. The van der Waals surface area contributed by atoms with E-state index in [1.54, 1.807) is 10.9 Å². The van der Waals surface area contributed by atoms with Gasteiger partial charge in [0.2, 0.25) is 5.91 Å². The van der Waals surface area contributed by atoms with Crippen molar-refractivity contribution >= 4 is 17.3 Å². The van der Waals surface area contributed by atoms with E-state index in [4.69, 9.17) is 9.72 Å². The maximum absolute atomic E-state index is 14.0. The van der Waals surface area contributed by atoms with Gasteiger partial charge in [0.15, 0.2) is 17.4 Å². The van der Waals surface area contributed by atoms with Gasteiger partial charge >= 0.3 is 0 Å². The van der Waals surface area contributed by atoms with Gasteiger partial charge < -0.3 is 15.0 Å². The van der Waals surface area contributed by atoms with Gasteiger partial charge in [-0.1, -0.05) is 0 Å². The van der Waals surface area contributed by atoms with Crippen molar-refractivity contribution in [3.8, 4) is 5.75 Å². The van der Waals surface area contributed by atoms with E-state index >= 15 is 0 Å². The molecule has 1 aliphatic carbocycles. The molecule has 0 spiro atoms. The molecule has 3 aromatic rings. The fourth-order valence-electron chi connectivity index (χ4n) is 4.72. The lowest BCUT2D eigenvalue weighted by Crippen LogP contribution is -2.47. The molecule has 0 bridgehead atoms. The van der Waals surface area contributed by atoms with Crippen LogP contribution in [0.15, 0.2) is 30.6 Å². The zero-order valence-electron chi connectivity index (χ0n) is 19.4. The van der Waals surface area contributed by atoms with Crippen LogP contribution in [-0.4, -0.2) is 40.9 Å². The summed E-state index contributed by atoms with van der Waals surface area (Å²) in [6.45, 7) is 2.17. The highest BCUT2D eigenvalue weighted by Gasteiger charge is 2.42. The average molecular weight is 468 g/mol. The minimum absolute atomic E-state index is 0.0548. The molecule has 1 N–H and O–H groups in total. The Labute approximate surface area is 196 Å². The van der Waals surface area contributed by atoms with Gasteiger partial charge in [0.1, 0.15) is 6.04 Å². The molecule has 1 fully saturated rings. The number of rotatable bonds is 7. The fourth-order valence-corrected chi connectivity index (χ4v) is 4.72. The number of amides is 1. The van der Waals surface area contributed by atoms with Crippen LogP contribution in [0.2, 0.25) is 0 Å². The average Bonchev–Trinajstić information content (AvgIpc) is 3.51. The number of benzene rings is 1. The Balaban J connectivity index is 1.28. The number of carbonyl (C=O) groups is 1. The van der Waals surface area contributed by atoms with E-state index in [1.807, 2.05) is 20.2 Å². The molecule has 2 aromatic heterocycles. The predicted octanol–water partition coefficient (Wildman–Crippen LogP) is 3.87. The van der Waals surface area contributed by atoms with Crippen LogP contribution in [0, 0.1) is 24.5 Å². The summed E-state index contributed by atoms with van der Waals surface area (Å²) in [7, 11) is 3.22. The largest absolute Gasteiger partial charge is 0.491 e. The number of pyridine rings is 1. The molecule has 0 unspecified atom stereocenters. The molecular weight excluding hydrogens is 440 g/mol. The van der Waals surface area contributed by atoms with Crippen molar-refractivity contribution in [1.29, 1.82) is 0 Å². The second kappa shape index (κ2) is 8.70. The maximum Gasteiger partial charge on any atom is 0.247 e. The Morgan fingerprint density at radius 2 is 1.88 bits per heavy atom. The van der Waals surface area contributed by atoms with Gasteiger partial charge in [-0.2, -0.15) is 5.10 Å². The summed E-state index contributed by atoms with van der Waals surface area (Å²) in [4.78, 5) is 19.4. The van der Waals surface area contributed by atoms with Gasteiger partial charge in [-0.3, -0.25) is 14.5 Å². The standard InChI is InChI=1S/C25H27F2N5O2/c1-14-22-21(31(2)23(17-5-6-17)25(33)30-22)10-18(29-14)7-4-15-11-28-32(12-15)13-16-8-19(26)24(34-3)20(27)9-16/h8-12,17,23H,4-7,13H2,1-3H3,(H,30,33)/t23-/m0/s1. The first-order valence-corrected chi connectivity index (χ1v) is 11.4. The predicted molar refractivity (Wildman–Crippen MR) is 124 cm³/mol. The summed E-state index contributed by atoms with van der Waals surface area (Å²) in [5.74, 6) is -1.37. The molecule has 0 radical (unpaired) electrons. The molecule has 2 aliphatic rings. The van der Waals surface area contributed by atoms with Crippen molar-refractivity contribution in [2.24, 2.45) is 5.92 Å². The summed E-state index contributed by atoms with van der Waals surface area (Å²) in [6.07, 6.45) is 7.25. The van der Waals surface area contributed by atoms with Crippen molar-refractivity contribution in [3.05, 3.63) is 64.7 Å². The lowest BCUT2D eigenvalue weighted by Gasteiger charge is -2.36. The summed E-state index contributed by atoms with van der Waals surface area (Å²) in [5, 5.41) is 7.39. The number of ether oxygens (including phenoxy) is 1. The highest BCUT2D eigenvalue weighted by molar-refractivity contribution is 6.04. The van der Waals surface area contributed by atoms with Gasteiger partial charge in [-0.25, -0.2) is 8.78 Å². The normalized spacial score (nSPS) is 17.5. The lowest BCUT2D eigenvalue weighted by molar-refractivity contribution is -0.118. The van der Waals surface area contributed by atoms with Crippen LogP contribution in [0.1, 0.15) is 35.4 Å². The van der Waals surface area contributed by atoms with Crippen LogP contribution in [0.3, 0.4) is 0 Å². The van der Waals surface area contributed by atoms with Crippen LogP contribution in [0.5, 0.6) is 5.75 Å². The van der Waals surface area contributed by atoms with Crippen LogP contribution in [0.4, 0.5) is 20.2 Å². The minimum Gasteiger partial charge on any atom is -0.491 e. The number of likely N-dealkylation sites (N-methyl/N-ethyl adjacent to an activating group) is 1. The number of methoxy groups -OCH3 is 1. The van der Waals surface area contributed by atoms with Crippen LogP contribution < -0.4 is 15.0 Å². The van der Waals surface area contributed by atoms with E-state index in [0.717, 1.165) is 47.6 Å². The van der Waals surface area contributed by atoms with Crippen LogP contribution in [0.25, 0.3) is 0 Å². The molecule has 3 heterocycles. The van der Waals surface area contributed by atoms with Crippen molar-refractivity contribution < 1.29 is 18.3 Å². The summed E-state index contributed by atoms with van der Waals surface area (Å²) >= 11 is 0. The number of fused-ring (bicyclic) bond motifs is 1. The van der Waals surface area contributed by atoms with E-state index in [0.29, 0.717) is 17.9 Å². The number of hydrogen-bond acceptors (Lipinski definition) is 5. The zero-order chi connectivity index (χ0) is 24.0. The topological polar surface area (TPSA) is 72.3 Å². The number of nitrogens with one attached hydrogen (secondary N) is 1. The van der Waals surface area contributed by atoms with Gasteiger partial charge in [-0.05, 0) is 67.9 Å². The molecule has 1 aliphatic heterocycles. The van der Waals surface area contributed by atoms with Gasteiger partial charge in [0.05, 0.1) is 36.9 Å². The summed E-state index contributed by atoms with van der Waals surface area (Å²) in [6, 6.07) is 4.46. The highest BCUT2D eigenvalue weighted by Crippen LogP contribution is 2.42. The van der Waals surface area contributed by atoms with Crippen molar-refractivity contribution in [2.75, 3.05) is 24.4 Å². The summed E-state index contributed by atoms with van der Waals surface area (Å²) in [5.41, 5.74) is 5.03. The molecule has 5 rings (SSSR count). The maximum atomic E-state index is 14.0. The number of halogens is 2. The van der Waals surface area contributed by atoms with E-state index in [9.17, 15) is 13.6 Å². The smallest absolute Gasteiger partial charge is 0.247 e. The van der Waals surface area contributed by atoms with Gasteiger partial charge in [0, 0.05) is 18.9 Å².